The molecule has 2 N–H and O–H groups in total. The summed E-state index contributed by atoms with van der Waals surface area (Å²) in [6.07, 6.45) is -0.674. The van der Waals surface area contributed by atoms with Crippen LogP contribution in [0.1, 0.15) is 13.3 Å². The fraction of sp³-hybridized carbons (Fsp3) is 0.600. The van der Waals surface area contributed by atoms with Crippen LogP contribution in [0.3, 0.4) is 0 Å². The largest absolute Gasteiger partial charge is 0.480 e. The maximum absolute atomic E-state index is 12.0. The van der Waals surface area contributed by atoms with Crippen molar-refractivity contribution in [2.24, 2.45) is 0 Å². The molecule has 102 valence electrons. The first kappa shape index (κ1) is 16.1. The second-order valence-electron chi connectivity index (χ2n) is 3.62. The third-order valence-corrected chi connectivity index (χ3v) is 1.80. The predicted molar refractivity (Wildman–Crippen MR) is 56.7 cm³/mol. The minimum Gasteiger partial charge on any atom is -0.480 e. The number of halogens is 3. The fourth-order valence-electron chi connectivity index (χ4n) is 1.17. The van der Waals surface area contributed by atoms with Gasteiger partial charge in [0.05, 0.1) is 13.0 Å². The number of alkyl halides is 3. The zero-order valence-electron chi connectivity index (χ0n) is 9.62. The van der Waals surface area contributed by atoms with E-state index in [1.54, 1.807) is 0 Å². The van der Waals surface area contributed by atoms with Gasteiger partial charge in [0.2, 0.25) is 0 Å². The lowest BCUT2D eigenvalue weighted by molar-refractivity contribution is -0.140. The highest BCUT2D eigenvalue weighted by molar-refractivity contribution is 5.80. The Hall–Kier alpha value is -1.91. The summed E-state index contributed by atoms with van der Waals surface area (Å²) in [5.74, 6) is 0.753. The average molecular weight is 266 g/mol. The van der Waals surface area contributed by atoms with Crippen molar-refractivity contribution in [1.29, 1.82) is 0 Å². The average Bonchev–Trinajstić information content (AvgIpc) is 2.12. The van der Waals surface area contributed by atoms with Crippen molar-refractivity contribution >= 4 is 12.0 Å². The molecule has 0 spiro atoms. The molecule has 0 bridgehead atoms. The third kappa shape index (κ3) is 7.38. The molecule has 0 radical (unpaired) electrons. The van der Waals surface area contributed by atoms with Gasteiger partial charge in [-0.2, -0.15) is 13.2 Å². The molecule has 18 heavy (non-hydrogen) atoms. The molecule has 0 saturated carbocycles. The van der Waals surface area contributed by atoms with Crippen molar-refractivity contribution in [3.63, 3.8) is 0 Å². The number of hydrogen-bond acceptors (Lipinski definition) is 2. The summed E-state index contributed by atoms with van der Waals surface area (Å²) in [7, 11) is 0. The number of carbonyl (C=O) groups is 2. The molecule has 0 rings (SSSR count). The number of urea groups is 1. The quantitative estimate of drug-likeness (QED) is 0.731. The van der Waals surface area contributed by atoms with Gasteiger partial charge in [0.1, 0.15) is 6.54 Å². The molecular formula is C10H13F3N2O3. The maximum atomic E-state index is 12.0. The zero-order chi connectivity index (χ0) is 14.3. The number of carboxylic acids is 1. The van der Waals surface area contributed by atoms with Crippen molar-refractivity contribution < 1.29 is 27.9 Å². The van der Waals surface area contributed by atoms with E-state index in [2.05, 4.69) is 5.92 Å². The van der Waals surface area contributed by atoms with Crippen molar-refractivity contribution in [1.82, 2.24) is 10.2 Å². The fourth-order valence-corrected chi connectivity index (χ4v) is 1.17. The molecule has 1 atom stereocenters. The van der Waals surface area contributed by atoms with Crippen molar-refractivity contribution in [2.75, 3.05) is 13.1 Å². The molecule has 1 unspecified atom stereocenters. The summed E-state index contributed by atoms with van der Waals surface area (Å²) in [5.41, 5.74) is 0. The third-order valence-electron chi connectivity index (χ3n) is 1.80. The summed E-state index contributed by atoms with van der Waals surface area (Å²) < 4.78 is 36.1. The molecule has 8 heteroatoms. The highest BCUT2D eigenvalue weighted by Crippen LogP contribution is 2.21. The van der Waals surface area contributed by atoms with Gasteiger partial charge in [-0.15, -0.1) is 6.42 Å². The number of aliphatic carboxylic acids is 1. The molecule has 0 aliphatic rings. The summed E-state index contributed by atoms with van der Waals surface area (Å²) in [4.78, 5) is 22.6. The Morgan fingerprint density at radius 3 is 2.44 bits per heavy atom. The smallest absolute Gasteiger partial charge is 0.391 e. The second-order valence-corrected chi connectivity index (χ2v) is 3.62. The first-order chi connectivity index (χ1) is 8.15. The van der Waals surface area contributed by atoms with Crippen molar-refractivity contribution in [2.45, 2.75) is 25.6 Å². The van der Waals surface area contributed by atoms with Gasteiger partial charge in [0.25, 0.3) is 0 Å². The van der Waals surface area contributed by atoms with E-state index < -0.39 is 37.2 Å². The van der Waals surface area contributed by atoms with Crippen LogP contribution >= 0.6 is 0 Å². The predicted octanol–water partition coefficient (Wildman–Crippen LogP) is 1.06. The summed E-state index contributed by atoms with van der Waals surface area (Å²) in [6, 6.07) is -2.10. The first-order valence-electron chi connectivity index (χ1n) is 4.93. The van der Waals surface area contributed by atoms with Crippen LogP contribution < -0.4 is 5.32 Å². The number of nitrogens with one attached hydrogen (secondary N) is 1. The Morgan fingerprint density at radius 2 is 2.06 bits per heavy atom. The second kappa shape index (κ2) is 6.74. The Labute approximate surface area is 102 Å². The number of carbonyl (C=O) groups excluding carboxylic acids is 1. The molecule has 0 aromatic rings. The van der Waals surface area contributed by atoms with E-state index in [0.29, 0.717) is 0 Å². The molecule has 0 fully saturated rings. The van der Waals surface area contributed by atoms with Crippen LogP contribution in [-0.2, 0) is 4.79 Å². The van der Waals surface area contributed by atoms with Crippen molar-refractivity contribution in [3.8, 4) is 12.3 Å². The Kier molecular flexibility index (Phi) is 6.02. The van der Waals surface area contributed by atoms with Crippen molar-refractivity contribution in [3.05, 3.63) is 0 Å². The lowest BCUT2D eigenvalue weighted by Gasteiger charge is -2.22. The van der Waals surface area contributed by atoms with Crippen LogP contribution in [0.15, 0.2) is 0 Å². The van der Waals surface area contributed by atoms with Crippen LogP contribution in [0.4, 0.5) is 18.0 Å². The van der Waals surface area contributed by atoms with E-state index in [0.717, 1.165) is 4.90 Å². The lowest BCUT2D eigenvalue weighted by atomic mass is 10.2. The molecule has 0 saturated heterocycles. The lowest BCUT2D eigenvalue weighted by Crippen LogP contribution is -2.47. The molecule has 0 aromatic heterocycles. The molecule has 0 aromatic carbocycles. The van der Waals surface area contributed by atoms with Gasteiger partial charge in [0.15, 0.2) is 0 Å². The molecule has 0 aliphatic carbocycles. The zero-order valence-corrected chi connectivity index (χ0v) is 9.62. The molecule has 2 amide bonds. The monoisotopic (exact) mass is 266 g/mol. The number of nitrogens with zero attached hydrogens (tertiary/aromatic N) is 1. The van der Waals surface area contributed by atoms with E-state index in [1.807, 2.05) is 5.32 Å². The van der Waals surface area contributed by atoms with E-state index in [1.165, 1.54) is 6.92 Å². The summed E-state index contributed by atoms with van der Waals surface area (Å²) in [5, 5.41) is 10.5. The van der Waals surface area contributed by atoms with Gasteiger partial charge in [0, 0.05) is 6.04 Å². The van der Waals surface area contributed by atoms with E-state index in [-0.39, 0.29) is 6.54 Å². The number of hydrogen-bond donors (Lipinski definition) is 2. The number of amides is 2. The van der Waals surface area contributed by atoms with Crippen LogP contribution in [-0.4, -0.2) is 47.3 Å². The van der Waals surface area contributed by atoms with Crippen LogP contribution in [0.2, 0.25) is 0 Å². The standard InChI is InChI=1S/C10H13F3N2O3/c1-3-4-15(6-8(16)17)9(18)14-7(2)5-10(11,12)13/h1,7H,4-6H2,2H3,(H,14,18)(H,16,17). The minimum absolute atomic E-state index is 0.295. The molecule has 0 aliphatic heterocycles. The Bertz CT molecular complexity index is 349. The van der Waals surface area contributed by atoms with Crippen LogP contribution in [0.5, 0.6) is 0 Å². The van der Waals surface area contributed by atoms with E-state index in [9.17, 15) is 22.8 Å². The first-order valence-corrected chi connectivity index (χ1v) is 4.93. The van der Waals surface area contributed by atoms with Gasteiger partial charge in [-0.1, -0.05) is 5.92 Å². The summed E-state index contributed by atoms with van der Waals surface area (Å²) >= 11 is 0. The number of terminal acetylenes is 1. The van der Waals surface area contributed by atoms with Gasteiger partial charge < -0.3 is 15.3 Å². The van der Waals surface area contributed by atoms with Gasteiger partial charge in [-0.25, -0.2) is 4.79 Å². The van der Waals surface area contributed by atoms with Gasteiger partial charge in [-0.05, 0) is 6.92 Å². The summed E-state index contributed by atoms with van der Waals surface area (Å²) in [6.45, 7) is 0.200. The molecule has 0 heterocycles. The van der Waals surface area contributed by atoms with Gasteiger partial charge in [-0.3, -0.25) is 4.79 Å². The maximum Gasteiger partial charge on any atom is 0.391 e. The molecular weight excluding hydrogens is 253 g/mol. The molecule has 5 nitrogen and oxygen atoms in total. The van der Waals surface area contributed by atoms with Crippen LogP contribution in [0, 0.1) is 12.3 Å². The Morgan fingerprint density at radius 1 is 1.50 bits per heavy atom. The highest BCUT2D eigenvalue weighted by Gasteiger charge is 2.31. The number of carboxylic acid groups (broad SMARTS) is 1. The SMILES string of the molecule is C#CCN(CC(=O)O)C(=O)NC(C)CC(F)(F)F. The van der Waals surface area contributed by atoms with E-state index in [4.69, 9.17) is 11.5 Å². The van der Waals surface area contributed by atoms with Crippen LogP contribution in [0.25, 0.3) is 0 Å². The van der Waals surface area contributed by atoms with Gasteiger partial charge >= 0.3 is 18.2 Å². The van der Waals surface area contributed by atoms with E-state index >= 15 is 0 Å². The minimum atomic E-state index is -4.41. The Balaban J connectivity index is 4.42. The highest BCUT2D eigenvalue weighted by atomic mass is 19.4. The number of rotatable bonds is 5. The normalized spacial score (nSPS) is 12.4. The topological polar surface area (TPSA) is 69.6 Å².